The van der Waals surface area contributed by atoms with Crippen molar-refractivity contribution >= 4 is 11.9 Å². The lowest BCUT2D eigenvalue weighted by Crippen LogP contribution is -2.39. The van der Waals surface area contributed by atoms with E-state index in [4.69, 9.17) is 9.47 Å². The SMILES string of the molecule is COc1ccc(CNC(=O)[C@@H]2CC=CC[C@H]2C(=O)OC(C)C)cc1. The Labute approximate surface area is 143 Å². The summed E-state index contributed by atoms with van der Waals surface area (Å²) in [7, 11) is 1.61. The maximum atomic E-state index is 12.5. The molecule has 0 aromatic heterocycles. The van der Waals surface area contributed by atoms with Crippen LogP contribution in [-0.4, -0.2) is 25.1 Å². The number of amides is 1. The zero-order valence-electron chi connectivity index (χ0n) is 14.5. The van der Waals surface area contributed by atoms with Crippen molar-refractivity contribution in [2.75, 3.05) is 7.11 Å². The molecule has 1 aromatic rings. The number of hydrogen-bond donors (Lipinski definition) is 1. The summed E-state index contributed by atoms with van der Waals surface area (Å²) >= 11 is 0. The van der Waals surface area contributed by atoms with Crippen molar-refractivity contribution < 1.29 is 19.1 Å². The molecule has 1 aliphatic rings. The third-order valence-corrected chi connectivity index (χ3v) is 4.05. The molecule has 0 saturated heterocycles. The molecule has 0 unspecified atom stereocenters. The molecule has 0 spiro atoms. The third kappa shape index (κ3) is 4.85. The summed E-state index contributed by atoms with van der Waals surface area (Å²) in [5, 5.41) is 2.92. The van der Waals surface area contributed by atoms with Gasteiger partial charge in [0.15, 0.2) is 0 Å². The number of ether oxygens (including phenoxy) is 2. The van der Waals surface area contributed by atoms with Crippen LogP contribution in [0.15, 0.2) is 36.4 Å². The molecular formula is C19H25NO4. The van der Waals surface area contributed by atoms with Gasteiger partial charge in [-0.05, 0) is 44.4 Å². The molecule has 2 rings (SSSR count). The van der Waals surface area contributed by atoms with Crippen LogP contribution in [-0.2, 0) is 20.9 Å². The molecular weight excluding hydrogens is 306 g/mol. The van der Waals surface area contributed by atoms with E-state index in [2.05, 4.69) is 5.32 Å². The summed E-state index contributed by atoms with van der Waals surface area (Å²) in [6.45, 7) is 4.06. The lowest BCUT2D eigenvalue weighted by Gasteiger charge is -2.26. The molecule has 24 heavy (non-hydrogen) atoms. The minimum atomic E-state index is -0.409. The van der Waals surface area contributed by atoms with Gasteiger partial charge in [-0.15, -0.1) is 0 Å². The number of methoxy groups -OCH3 is 1. The van der Waals surface area contributed by atoms with E-state index < -0.39 is 5.92 Å². The minimum absolute atomic E-state index is 0.110. The van der Waals surface area contributed by atoms with Gasteiger partial charge < -0.3 is 14.8 Å². The topological polar surface area (TPSA) is 64.6 Å². The number of benzene rings is 1. The highest BCUT2D eigenvalue weighted by Gasteiger charge is 2.35. The minimum Gasteiger partial charge on any atom is -0.497 e. The molecule has 2 atom stereocenters. The van der Waals surface area contributed by atoms with Crippen LogP contribution in [0.2, 0.25) is 0 Å². The predicted octanol–water partition coefficient (Wildman–Crippen LogP) is 2.85. The number of carbonyl (C=O) groups is 2. The molecule has 130 valence electrons. The Kier molecular flexibility index (Phi) is 6.41. The fourth-order valence-corrected chi connectivity index (χ4v) is 2.75. The molecule has 1 aliphatic carbocycles. The summed E-state index contributed by atoms with van der Waals surface area (Å²) in [4.78, 5) is 24.7. The van der Waals surface area contributed by atoms with Crippen LogP contribution >= 0.6 is 0 Å². The second-order valence-electron chi connectivity index (χ2n) is 6.21. The Bertz CT molecular complexity index is 592. The number of allylic oxidation sites excluding steroid dienone is 2. The zero-order valence-corrected chi connectivity index (χ0v) is 14.5. The first-order chi connectivity index (χ1) is 11.5. The maximum Gasteiger partial charge on any atom is 0.310 e. The van der Waals surface area contributed by atoms with Crippen molar-refractivity contribution in [3.8, 4) is 5.75 Å². The van der Waals surface area contributed by atoms with Crippen molar-refractivity contribution in [2.24, 2.45) is 11.8 Å². The Morgan fingerprint density at radius 2 is 1.75 bits per heavy atom. The highest BCUT2D eigenvalue weighted by Crippen LogP contribution is 2.27. The van der Waals surface area contributed by atoms with Crippen LogP contribution in [0.3, 0.4) is 0 Å². The van der Waals surface area contributed by atoms with E-state index in [0.29, 0.717) is 19.4 Å². The molecule has 0 bridgehead atoms. The van der Waals surface area contributed by atoms with Crippen molar-refractivity contribution in [1.82, 2.24) is 5.32 Å². The Morgan fingerprint density at radius 1 is 1.12 bits per heavy atom. The Morgan fingerprint density at radius 3 is 2.33 bits per heavy atom. The van der Waals surface area contributed by atoms with E-state index in [-0.39, 0.29) is 23.9 Å². The van der Waals surface area contributed by atoms with Crippen LogP contribution in [0.1, 0.15) is 32.3 Å². The average Bonchev–Trinajstić information content (AvgIpc) is 2.59. The Balaban J connectivity index is 1.95. The highest BCUT2D eigenvalue weighted by molar-refractivity contribution is 5.86. The monoisotopic (exact) mass is 331 g/mol. The first-order valence-corrected chi connectivity index (χ1v) is 8.27. The number of rotatable bonds is 6. The lowest BCUT2D eigenvalue weighted by atomic mass is 9.82. The Hall–Kier alpha value is -2.30. The first kappa shape index (κ1) is 18.0. The second-order valence-corrected chi connectivity index (χ2v) is 6.21. The molecule has 1 N–H and O–H groups in total. The zero-order chi connectivity index (χ0) is 17.5. The third-order valence-electron chi connectivity index (χ3n) is 4.05. The predicted molar refractivity (Wildman–Crippen MR) is 91.4 cm³/mol. The van der Waals surface area contributed by atoms with Gasteiger partial charge in [0.25, 0.3) is 0 Å². The summed E-state index contributed by atoms with van der Waals surface area (Å²) < 4.78 is 10.4. The summed E-state index contributed by atoms with van der Waals surface area (Å²) in [6.07, 6.45) is 4.83. The van der Waals surface area contributed by atoms with Gasteiger partial charge in [0.1, 0.15) is 5.75 Å². The van der Waals surface area contributed by atoms with Crippen LogP contribution in [0.4, 0.5) is 0 Å². The van der Waals surface area contributed by atoms with E-state index in [9.17, 15) is 9.59 Å². The first-order valence-electron chi connectivity index (χ1n) is 8.27. The van der Waals surface area contributed by atoms with E-state index in [1.165, 1.54) is 0 Å². The normalized spacial score (nSPS) is 19.8. The lowest BCUT2D eigenvalue weighted by molar-refractivity contribution is -0.156. The van der Waals surface area contributed by atoms with Gasteiger partial charge in [-0.3, -0.25) is 9.59 Å². The summed E-state index contributed by atoms with van der Waals surface area (Å²) in [5.41, 5.74) is 0.983. The van der Waals surface area contributed by atoms with Gasteiger partial charge in [0.2, 0.25) is 5.91 Å². The van der Waals surface area contributed by atoms with Crippen molar-refractivity contribution in [3.05, 3.63) is 42.0 Å². The smallest absolute Gasteiger partial charge is 0.310 e. The maximum absolute atomic E-state index is 12.5. The van der Waals surface area contributed by atoms with Crippen LogP contribution in [0.5, 0.6) is 5.75 Å². The van der Waals surface area contributed by atoms with Crippen molar-refractivity contribution in [3.63, 3.8) is 0 Å². The van der Waals surface area contributed by atoms with Gasteiger partial charge in [0.05, 0.1) is 25.0 Å². The fourth-order valence-electron chi connectivity index (χ4n) is 2.75. The van der Waals surface area contributed by atoms with E-state index in [1.54, 1.807) is 7.11 Å². The number of carbonyl (C=O) groups excluding carboxylic acids is 2. The average molecular weight is 331 g/mol. The van der Waals surface area contributed by atoms with E-state index >= 15 is 0 Å². The van der Waals surface area contributed by atoms with Crippen molar-refractivity contribution in [2.45, 2.75) is 39.3 Å². The fraction of sp³-hybridized carbons (Fsp3) is 0.474. The van der Waals surface area contributed by atoms with E-state index in [1.807, 2.05) is 50.3 Å². The molecule has 0 saturated carbocycles. The van der Waals surface area contributed by atoms with Gasteiger partial charge in [0, 0.05) is 6.54 Å². The van der Waals surface area contributed by atoms with Crippen LogP contribution in [0, 0.1) is 11.8 Å². The molecule has 0 heterocycles. The van der Waals surface area contributed by atoms with Gasteiger partial charge in [-0.2, -0.15) is 0 Å². The molecule has 0 aliphatic heterocycles. The molecule has 5 heteroatoms. The highest BCUT2D eigenvalue weighted by atomic mass is 16.5. The van der Waals surface area contributed by atoms with E-state index in [0.717, 1.165) is 11.3 Å². The number of nitrogens with one attached hydrogen (secondary N) is 1. The molecule has 1 amide bonds. The summed E-state index contributed by atoms with van der Waals surface area (Å²) in [5.74, 6) is -0.411. The standard InChI is InChI=1S/C19H25NO4/c1-13(2)24-19(22)17-7-5-4-6-16(17)18(21)20-12-14-8-10-15(23-3)11-9-14/h4-5,8-11,13,16-17H,6-7,12H2,1-3H3,(H,20,21)/t16-,17-/m1/s1. The molecule has 0 radical (unpaired) electrons. The quantitative estimate of drug-likeness (QED) is 0.643. The van der Waals surface area contributed by atoms with Gasteiger partial charge >= 0.3 is 5.97 Å². The number of esters is 1. The van der Waals surface area contributed by atoms with Crippen LogP contribution < -0.4 is 10.1 Å². The van der Waals surface area contributed by atoms with Crippen molar-refractivity contribution in [1.29, 1.82) is 0 Å². The van der Waals surface area contributed by atoms with Crippen LogP contribution in [0.25, 0.3) is 0 Å². The molecule has 1 aromatic carbocycles. The largest absolute Gasteiger partial charge is 0.497 e. The summed E-state index contributed by atoms with van der Waals surface area (Å²) in [6, 6.07) is 7.52. The van der Waals surface area contributed by atoms with Gasteiger partial charge in [-0.1, -0.05) is 24.3 Å². The number of hydrogen-bond acceptors (Lipinski definition) is 4. The van der Waals surface area contributed by atoms with Gasteiger partial charge in [-0.25, -0.2) is 0 Å². The molecule has 0 fully saturated rings. The molecule has 5 nitrogen and oxygen atoms in total. The second kappa shape index (κ2) is 8.52.